The van der Waals surface area contributed by atoms with Crippen LogP contribution in [0.5, 0.6) is 5.75 Å². The Morgan fingerprint density at radius 2 is 2.19 bits per heavy atom. The average molecular weight is 324 g/mol. The summed E-state index contributed by atoms with van der Waals surface area (Å²) in [5.74, 6) is 0.437. The predicted octanol–water partition coefficient (Wildman–Crippen LogP) is 3.99. The van der Waals surface area contributed by atoms with Gasteiger partial charge in [-0.15, -0.1) is 11.8 Å². The summed E-state index contributed by atoms with van der Waals surface area (Å²) in [6.07, 6.45) is 2.52. The van der Waals surface area contributed by atoms with Crippen molar-refractivity contribution in [3.63, 3.8) is 0 Å². The van der Waals surface area contributed by atoms with Crippen molar-refractivity contribution in [3.05, 3.63) is 53.2 Å². The molecule has 0 aliphatic heterocycles. The molecule has 0 amide bonds. The monoisotopic (exact) mass is 323 g/mol. The fourth-order valence-electron chi connectivity index (χ4n) is 1.61. The smallest absolute Gasteiger partial charge is 0.335 e. The van der Waals surface area contributed by atoms with Gasteiger partial charge in [-0.25, -0.2) is 9.78 Å². The molecule has 1 aromatic heterocycles. The SMILES string of the molecule is O=C(O)c1cccc(OCCCSc2ncccc2Cl)c1. The summed E-state index contributed by atoms with van der Waals surface area (Å²) < 4.78 is 5.53. The molecule has 0 bridgehead atoms. The van der Waals surface area contributed by atoms with Crippen molar-refractivity contribution in [1.82, 2.24) is 4.98 Å². The Bertz CT molecular complexity index is 621. The number of thioether (sulfide) groups is 1. The van der Waals surface area contributed by atoms with Crippen LogP contribution in [0.25, 0.3) is 0 Å². The number of carbonyl (C=O) groups is 1. The third-order valence-corrected chi connectivity index (χ3v) is 4.11. The summed E-state index contributed by atoms with van der Waals surface area (Å²) in [5, 5.41) is 10.4. The lowest BCUT2D eigenvalue weighted by molar-refractivity contribution is 0.0696. The molecule has 6 heteroatoms. The molecule has 2 rings (SSSR count). The van der Waals surface area contributed by atoms with Crippen LogP contribution in [0.1, 0.15) is 16.8 Å². The zero-order valence-electron chi connectivity index (χ0n) is 11.2. The standard InChI is InChI=1S/C15H14ClNO3S/c16-13-6-2-7-17-14(13)21-9-3-8-20-12-5-1-4-11(10-12)15(18)19/h1-2,4-7,10H,3,8-9H2,(H,18,19). The largest absolute Gasteiger partial charge is 0.494 e. The second-order valence-electron chi connectivity index (χ2n) is 4.17. The van der Waals surface area contributed by atoms with Crippen LogP contribution < -0.4 is 4.74 Å². The maximum Gasteiger partial charge on any atom is 0.335 e. The zero-order chi connectivity index (χ0) is 15.1. The van der Waals surface area contributed by atoms with Gasteiger partial charge >= 0.3 is 5.97 Å². The molecule has 1 N–H and O–H groups in total. The average Bonchev–Trinajstić information content (AvgIpc) is 2.49. The topological polar surface area (TPSA) is 59.4 Å². The van der Waals surface area contributed by atoms with Crippen LogP contribution in [-0.2, 0) is 0 Å². The number of aromatic nitrogens is 1. The first-order valence-electron chi connectivity index (χ1n) is 6.36. The summed E-state index contributed by atoms with van der Waals surface area (Å²) in [7, 11) is 0. The van der Waals surface area contributed by atoms with E-state index in [1.165, 1.54) is 12.1 Å². The number of carboxylic acids is 1. The number of benzene rings is 1. The Kier molecular flexibility index (Phi) is 5.90. The molecular formula is C15H14ClNO3S. The van der Waals surface area contributed by atoms with Gasteiger partial charge in [0.2, 0.25) is 0 Å². The second kappa shape index (κ2) is 7.90. The summed E-state index contributed by atoms with van der Waals surface area (Å²) in [4.78, 5) is 15.0. The van der Waals surface area contributed by atoms with E-state index in [1.807, 2.05) is 6.07 Å². The van der Waals surface area contributed by atoms with Gasteiger partial charge < -0.3 is 9.84 Å². The molecule has 0 unspecified atom stereocenters. The first-order chi connectivity index (χ1) is 10.2. The normalized spacial score (nSPS) is 10.3. The number of rotatable bonds is 7. The van der Waals surface area contributed by atoms with Crippen molar-refractivity contribution < 1.29 is 14.6 Å². The van der Waals surface area contributed by atoms with Gasteiger partial charge in [0.25, 0.3) is 0 Å². The summed E-state index contributed by atoms with van der Waals surface area (Å²) in [5.41, 5.74) is 0.224. The highest BCUT2D eigenvalue weighted by atomic mass is 35.5. The van der Waals surface area contributed by atoms with Crippen molar-refractivity contribution in [1.29, 1.82) is 0 Å². The Balaban J connectivity index is 1.74. The van der Waals surface area contributed by atoms with Crippen LogP contribution in [0.2, 0.25) is 5.02 Å². The van der Waals surface area contributed by atoms with E-state index >= 15 is 0 Å². The summed E-state index contributed by atoms with van der Waals surface area (Å²) >= 11 is 7.58. The Morgan fingerprint density at radius 1 is 1.33 bits per heavy atom. The minimum absolute atomic E-state index is 0.224. The highest BCUT2D eigenvalue weighted by Gasteiger charge is 2.04. The number of pyridine rings is 1. The molecule has 21 heavy (non-hydrogen) atoms. The molecule has 1 aromatic carbocycles. The van der Waals surface area contributed by atoms with Crippen LogP contribution in [-0.4, -0.2) is 28.4 Å². The Labute approximate surface area is 132 Å². The van der Waals surface area contributed by atoms with Crippen LogP contribution >= 0.6 is 23.4 Å². The maximum absolute atomic E-state index is 10.8. The quantitative estimate of drug-likeness (QED) is 0.616. The number of hydrogen-bond acceptors (Lipinski definition) is 4. The number of aromatic carboxylic acids is 1. The Hall–Kier alpha value is -1.72. The molecule has 0 aliphatic carbocycles. The van der Waals surface area contributed by atoms with Crippen molar-refractivity contribution in [2.45, 2.75) is 11.4 Å². The van der Waals surface area contributed by atoms with Crippen LogP contribution in [0.4, 0.5) is 0 Å². The van der Waals surface area contributed by atoms with Gasteiger partial charge in [-0.05, 0) is 36.8 Å². The molecule has 0 aliphatic rings. The van der Waals surface area contributed by atoms with Gasteiger partial charge in [0.15, 0.2) is 0 Å². The van der Waals surface area contributed by atoms with E-state index in [2.05, 4.69) is 4.98 Å². The predicted molar refractivity (Wildman–Crippen MR) is 83.5 cm³/mol. The molecule has 1 heterocycles. The van der Waals surface area contributed by atoms with E-state index in [0.29, 0.717) is 17.4 Å². The fraction of sp³-hybridized carbons (Fsp3) is 0.200. The Morgan fingerprint density at radius 3 is 2.95 bits per heavy atom. The minimum Gasteiger partial charge on any atom is -0.494 e. The lowest BCUT2D eigenvalue weighted by atomic mass is 10.2. The molecular weight excluding hydrogens is 310 g/mol. The highest BCUT2D eigenvalue weighted by Crippen LogP contribution is 2.24. The molecule has 2 aromatic rings. The van der Waals surface area contributed by atoms with E-state index in [4.69, 9.17) is 21.4 Å². The third-order valence-electron chi connectivity index (χ3n) is 2.60. The molecule has 0 atom stereocenters. The van der Waals surface area contributed by atoms with Gasteiger partial charge in [0.1, 0.15) is 10.8 Å². The van der Waals surface area contributed by atoms with E-state index in [0.717, 1.165) is 17.2 Å². The van der Waals surface area contributed by atoms with Gasteiger partial charge in [0.05, 0.1) is 17.2 Å². The molecule has 0 radical (unpaired) electrons. The van der Waals surface area contributed by atoms with Gasteiger partial charge in [-0.2, -0.15) is 0 Å². The number of ether oxygens (including phenoxy) is 1. The fourth-order valence-corrected chi connectivity index (χ4v) is 2.70. The minimum atomic E-state index is -0.958. The number of hydrogen-bond donors (Lipinski definition) is 1. The van der Waals surface area contributed by atoms with E-state index in [1.54, 1.807) is 36.2 Å². The van der Waals surface area contributed by atoms with Gasteiger partial charge in [0, 0.05) is 11.9 Å². The molecule has 4 nitrogen and oxygen atoms in total. The number of halogens is 1. The lowest BCUT2D eigenvalue weighted by Crippen LogP contribution is -2.01. The highest BCUT2D eigenvalue weighted by molar-refractivity contribution is 7.99. The maximum atomic E-state index is 10.8. The van der Waals surface area contributed by atoms with E-state index < -0.39 is 5.97 Å². The first kappa shape index (κ1) is 15.7. The van der Waals surface area contributed by atoms with Crippen LogP contribution in [0, 0.1) is 0 Å². The lowest BCUT2D eigenvalue weighted by Gasteiger charge is -2.07. The van der Waals surface area contributed by atoms with Crippen molar-refractivity contribution in [2.24, 2.45) is 0 Å². The first-order valence-corrected chi connectivity index (χ1v) is 7.72. The molecule has 110 valence electrons. The zero-order valence-corrected chi connectivity index (χ0v) is 12.7. The van der Waals surface area contributed by atoms with Crippen LogP contribution in [0.15, 0.2) is 47.6 Å². The number of nitrogens with zero attached hydrogens (tertiary/aromatic N) is 1. The molecule has 0 fully saturated rings. The molecule has 0 saturated carbocycles. The number of carboxylic acid groups (broad SMARTS) is 1. The summed E-state index contributed by atoms with van der Waals surface area (Å²) in [6, 6.07) is 10.1. The molecule has 0 saturated heterocycles. The second-order valence-corrected chi connectivity index (χ2v) is 5.66. The summed E-state index contributed by atoms with van der Waals surface area (Å²) in [6.45, 7) is 0.514. The van der Waals surface area contributed by atoms with Crippen LogP contribution in [0.3, 0.4) is 0 Å². The van der Waals surface area contributed by atoms with Gasteiger partial charge in [-0.3, -0.25) is 0 Å². The molecule has 0 spiro atoms. The van der Waals surface area contributed by atoms with Crippen molar-refractivity contribution >= 4 is 29.3 Å². The third kappa shape index (κ3) is 4.95. The van der Waals surface area contributed by atoms with Crippen molar-refractivity contribution in [2.75, 3.05) is 12.4 Å². The van der Waals surface area contributed by atoms with Gasteiger partial charge in [-0.1, -0.05) is 17.7 Å². The van der Waals surface area contributed by atoms with E-state index in [9.17, 15) is 4.79 Å². The van der Waals surface area contributed by atoms with E-state index in [-0.39, 0.29) is 5.56 Å². The van der Waals surface area contributed by atoms with Crippen molar-refractivity contribution in [3.8, 4) is 5.75 Å².